The summed E-state index contributed by atoms with van der Waals surface area (Å²) in [5.74, 6) is -0.0522. The van der Waals surface area contributed by atoms with E-state index in [1.165, 1.54) is 0 Å². The third-order valence-corrected chi connectivity index (χ3v) is 2.98. The van der Waals surface area contributed by atoms with Gasteiger partial charge in [0.25, 0.3) is 0 Å². The van der Waals surface area contributed by atoms with Crippen molar-refractivity contribution in [3.8, 4) is 5.75 Å². The molecule has 0 spiro atoms. The zero-order valence-corrected chi connectivity index (χ0v) is 12.1. The van der Waals surface area contributed by atoms with Crippen molar-refractivity contribution in [1.82, 2.24) is 4.90 Å². The van der Waals surface area contributed by atoms with E-state index >= 15 is 0 Å². The molecule has 1 aromatic rings. The fraction of sp³-hybridized carbons (Fsp3) is 0.533. The van der Waals surface area contributed by atoms with Gasteiger partial charge < -0.3 is 9.84 Å². The van der Waals surface area contributed by atoms with Crippen molar-refractivity contribution in [1.29, 1.82) is 0 Å². The van der Waals surface area contributed by atoms with E-state index in [1.807, 2.05) is 56.9 Å². The van der Waals surface area contributed by atoms with Crippen LogP contribution >= 0.6 is 0 Å². The summed E-state index contributed by atoms with van der Waals surface area (Å²) >= 11 is 0. The summed E-state index contributed by atoms with van der Waals surface area (Å²) in [6.07, 6.45) is 0.115. The highest BCUT2D eigenvalue weighted by Crippen LogP contribution is 2.23. The van der Waals surface area contributed by atoms with Crippen LogP contribution in [0.3, 0.4) is 0 Å². The molecule has 1 atom stereocenters. The van der Waals surface area contributed by atoms with Gasteiger partial charge in [0.05, 0.1) is 6.10 Å². The van der Waals surface area contributed by atoms with Crippen LogP contribution in [0.15, 0.2) is 24.3 Å². The molecule has 4 heteroatoms. The molecule has 0 amide bonds. The van der Waals surface area contributed by atoms with Crippen molar-refractivity contribution in [2.24, 2.45) is 0 Å². The van der Waals surface area contributed by atoms with Gasteiger partial charge in [0.15, 0.2) is 0 Å². The van der Waals surface area contributed by atoms with Crippen LogP contribution in [-0.2, 0) is 4.79 Å². The average molecular weight is 265 g/mol. The molecule has 0 fully saturated rings. The van der Waals surface area contributed by atoms with Crippen LogP contribution in [0, 0.1) is 0 Å². The number of hydrogen-bond donors (Lipinski definition) is 1. The van der Waals surface area contributed by atoms with Gasteiger partial charge in [-0.25, -0.2) is 0 Å². The standard InChI is InChI=1S/C15H23NO3/c1-5-16(6-2)14(15(17)18)12-7-9-13(10-8-12)19-11(3)4/h7-11,14H,5-6H2,1-4H3,(H,17,18). The lowest BCUT2D eigenvalue weighted by Crippen LogP contribution is -2.33. The number of carboxylic acids is 1. The molecule has 1 N–H and O–H groups in total. The molecule has 106 valence electrons. The van der Waals surface area contributed by atoms with Crippen molar-refractivity contribution >= 4 is 5.97 Å². The summed E-state index contributed by atoms with van der Waals surface area (Å²) in [6, 6.07) is 6.72. The lowest BCUT2D eigenvalue weighted by molar-refractivity contribution is -0.143. The van der Waals surface area contributed by atoms with E-state index in [-0.39, 0.29) is 6.10 Å². The summed E-state index contributed by atoms with van der Waals surface area (Å²) < 4.78 is 5.56. The molecule has 0 saturated heterocycles. The molecular weight excluding hydrogens is 242 g/mol. The zero-order valence-electron chi connectivity index (χ0n) is 12.1. The van der Waals surface area contributed by atoms with Crippen LogP contribution in [0.1, 0.15) is 39.3 Å². The minimum atomic E-state index is -0.818. The maximum Gasteiger partial charge on any atom is 0.325 e. The van der Waals surface area contributed by atoms with Crippen molar-refractivity contribution < 1.29 is 14.6 Å². The van der Waals surface area contributed by atoms with Gasteiger partial charge in [-0.05, 0) is 44.6 Å². The topological polar surface area (TPSA) is 49.8 Å². The smallest absolute Gasteiger partial charge is 0.325 e. The molecule has 0 bridgehead atoms. The maximum atomic E-state index is 11.4. The molecular formula is C15H23NO3. The molecule has 0 aliphatic heterocycles. The second-order valence-corrected chi connectivity index (χ2v) is 4.70. The summed E-state index contributed by atoms with van der Waals surface area (Å²) in [6.45, 7) is 9.27. The van der Waals surface area contributed by atoms with E-state index in [2.05, 4.69) is 0 Å². The summed E-state index contributed by atoms with van der Waals surface area (Å²) in [5, 5.41) is 9.40. The minimum absolute atomic E-state index is 0.115. The largest absolute Gasteiger partial charge is 0.491 e. The monoisotopic (exact) mass is 265 g/mol. The van der Waals surface area contributed by atoms with E-state index in [1.54, 1.807) is 0 Å². The van der Waals surface area contributed by atoms with Gasteiger partial charge in [-0.2, -0.15) is 0 Å². The van der Waals surface area contributed by atoms with E-state index < -0.39 is 12.0 Å². The Morgan fingerprint density at radius 2 is 1.74 bits per heavy atom. The Balaban J connectivity index is 2.94. The van der Waals surface area contributed by atoms with Gasteiger partial charge in [-0.15, -0.1) is 0 Å². The highest BCUT2D eigenvalue weighted by molar-refractivity contribution is 5.75. The summed E-state index contributed by atoms with van der Waals surface area (Å²) in [4.78, 5) is 13.4. The number of ether oxygens (including phenoxy) is 1. The van der Waals surface area contributed by atoms with E-state index in [4.69, 9.17) is 4.74 Å². The van der Waals surface area contributed by atoms with Crippen LogP contribution in [-0.4, -0.2) is 35.2 Å². The highest BCUT2D eigenvalue weighted by atomic mass is 16.5. The number of hydrogen-bond acceptors (Lipinski definition) is 3. The first-order valence-electron chi connectivity index (χ1n) is 6.73. The first-order valence-corrected chi connectivity index (χ1v) is 6.73. The Morgan fingerprint density at radius 1 is 1.21 bits per heavy atom. The van der Waals surface area contributed by atoms with Gasteiger partial charge in [-0.1, -0.05) is 26.0 Å². The number of aliphatic carboxylic acids is 1. The minimum Gasteiger partial charge on any atom is -0.491 e. The second kappa shape index (κ2) is 7.14. The number of carboxylic acid groups (broad SMARTS) is 1. The molecule has 0 heterocycles. The number of benzene rings is 1. The van der Waals surface area contributed by atoms with E-state index in [0.29, 0.717) is 13.1 Å². The van der Waals surface area contributed by atoms with Crippen LogP contribution < -0.4 is 4.74 Å². The number of rotatable bonds is 7. The van der Waals surface area contributed by atoms with Gasteiger partial charge in [0.2, 0.25) is 0 Å². The fourth-order valence-electron chi connectivity index (χ4n) is 2.10. The zero-order chi connectivity index (χ0) is 14.4. The Hall–Kier alpha value is -1.55. The Morgan fingerprint density at radius 3 is 2.11 bits per heavy atom. The van der Waals surface area contributed by atoms with Crippen molar-refractivity contribution in [2.75, 3.05) is 13.1 Å². The van der Waals surface area contributed by atoms with Gasteiger partial charge in [0, 0.05) is 0 Å². The Bertz CT molecular complexity index is 396. The summed E-state index contributed by atoms with van der Waals surface area (Å²) in [7, 11) is 0. The lowest BCUT2D eigenvalue weighted by Gasteiger charge is -2.26. The van der Waals surface area contributed by atoms with Gasteiger partial charge in [0.1, 0.15) is 11.8 Å². The normalized spacial score (nSPS) is 12.7. The average Bonchev–Trinajstić information content (AvgIpc) is 2.36. The first-order chi connectivity index (χ1) is 8.99. The molecule has 1 rings (SSSR count). The maximum absolute atomic E-state index is 11.4. The lowest BCUT2D eigenvalue weighted by atomic mass is 10.1. The number of nitrogens with zero attached hydrogens (tertiary/aromatic N) is 1. The van der Waals surface area contributed by atoms with Crippen LogP contribution in [0.2, 0.25) is 0 Å². The third-order valence-electron chi connectivity index (χ3n) is 2.98. The molecule has 1 unspecified atom stereocenters. The van der Waals surface area contributed by atoms with Crippen LogP contribution in [0.5, 0.6) is 5.75 Å². The van der Waals surface area contributed by atoms with Crippen LogP contribution in [0.25, 0.3) is 0 Å². The Labute approximate surface area is 115 Å². The predicted octanol–water partition coefficient (Wildman–Crippen LogP) is 2.94. The van der Waals surface area contributed by atoms with Crippen molar-refractivity contribution in [3.05, 3.63) is 29.8 Å². The predicted molar refractivity (Wildman–Crippen MR) is 75.5 cm³/mol. The fourth-order valence-corrected chi connectivity index (χ4v) is 2.10. The van der Waals surface area contributed by atoms with Crippen LogP contribution in [0.4, 0.5) is 0 Å². The van der Waals surface area contributed by atoms with Gasteiger partial charge in [-0.3, -0.25) is 9.69 Å². The Kier molecular flexibility index (Phi) is 5.83. The molecule has 1 aromatic carbocycles. The summed E-state index contributed by atoms with van der Waals surface area (Å²) in [5.41, 5.74) is 0.785. The third kappa shape index (κ3) is 4.24. The molecule has 0 aliphatic rings. The van der Waals surface area contributed by atoms with Crippen molar-refractivity contribution in [2.45, 2.75) is 39.8 Å². The SMILES string of the molecule is CCN(CC)C(C(=O)O)c1ccc(OC(C)C)cc1. The number of carbonyl (C=O) groups is 1. The van der Waals surface area contributed by atoms with Gasteiger partial charge >= 0.3 is 5.97 Å². The van der Waals surface area contributed by atoms with E-state index in [0.717, 1.165) is 11.3 Å². The number of likely N-dealkylation sites (N-methyl/N-ethyl adjacent to an activating group) is 1. The second-order valence-electron chi connectivity index (χ2n) is 4.70. The molecule has 4 nitrogen and oxygen atoms in total. The molecule has 0 aromatic heterocycles. The molecule has 19 heavy (non-hydrogen) atoms. The highest BCUT2D eigenvalue weighted by Gasteiger charge is 2.25. The molecule has 0 radical (unpaired) electrons. The molecule has 0 aliphatic carbocycles. The molecule has 0 saturated carbocycles. The van der Waals surface area contributed by atoms with E-state index in [9.17, 15) is 9.90 Å². The van der Waals surface area contributed by atoms with Crippen molar-refractivity contribution in [3.63, 3.8) is 0 Å². The quantitative estimate of drug-likeness (QED) is 0.823. The first kappa shape index (κ1) is 15.5.